The van der Waals surface area contributed by atoms with Gasteiger partial charge in [0.1, 0.15) is 0 Å². The number of thioether (sulfide) groups is 2. The molecular weight excluding hydrogens is 1920 g/mol. The van der Waals surface area contributed by atoms with Crippen molar-refractivity contribution < 1.29 is 139 Å². The van der Waals surface area contributed by atoms with E-state index in [1.165, 1.54) is 35.0 Å². The zero-order valence-corrected chi connectivity index (χ0v) is 83.0. The van der Waals surface area contributed by atoms with Gasteiger partial charge in [-0.3, -0.25) is 67.5 Å². The summed E-state index contributed by atoms with van der Waals surface area (Å²) in [6, 6.07) is 16.1. The quantitative estimate of drug-likeness (QED) is 0.00571. The van der Waals surface area contributed by atoms with Crippen LogP contribution < -0.4 is 63.2 Å². The largest absolute Gasteiger partial charge is 0.480 e. The Kier molecular flexibility index (Phi) is 52.6. The number of likely N-dealkylation sites (N-methyl/N-ethyl adjacent to an activating group) is 2. The van der Waals surface area contributed by atoms with E-state index < -0.39 is 71.0 Å². The number of carboxylic acid groups (broad SMARTS) is 3. The third-order valence-electron chi connectivity index (χ3n) is 23.7. The Bertz CT molecular complexity index is 4740. The molecule has 5 saturated heterocycles. The van der Waals surface area contributed by atoms with E-state index in [0.717, 1.165) is 61.7 Å². The van der Waals surface area contributed by atoms with Gasteiger partial charge in [0.05, 0.1) is 115 Å². The molecule has 5 aliphatic heterocycles. The molecule has 11 amide bonds. The Balaban J connectivity index is 0.000000375. The number of halogens is 4. The smallest absolute Gasteiger partial charge is 0.343 e. The lowest BCUT2D eigenvalue weighted by atomic mass is 9.97. The minimum Gasteiger partial charge on any atom is -0.480 e. The monoisotopic (exact) mass is 2060 g/mol. The molecule has 42 nitrogen and oxygen atoms in total. The van der Waals surface area contributed by atoms with Crippen LogP contribution in [0.5, 0.6) is 5.75 Å². The maximum atomic E-state index is 14.0. The highest BCUT2D eigenvalue weighted by Gasteiger charge is 2.44. The molecule has 5 heterocycles. The van der Waals surface area contributed by atoms with Crippen LogP contribution in [0, 0.1) is 29.2 Å². The lowest BCUT2D eigenvalue weighted by molar-refractivity contribution is -0.140. The number of ether oxygens (including phenoxy) is 7. The molecule has 4 aromatic carbocycles. The number of rotatable bonds is 60. The summed E-state index contributed by atoms with van der Waals surface area (Å²) in [6.07, 6.45) is 7.18. The highest BCUT2D eigenvalue weighted by atomic mass is 32.2. The van der Waals surface area contributed by atoms with E-state index in [0.29, 0.717) is 192 Å². The standard InChI is InChI=1S/C57H89N11O16S.C38H50F4N6O9S/c1-58-45-30-42(55(79)60-15-6-23-83-25-27-84-26-24-82-22-5-14-59-48(69)34-64(2)49(70)9-4-3-8-47-54-46(39-85-47)62-57(81)63-54)29-43(31-45)56(80)61-44-12-10-40(11-13-44)28-41-32-67(37-52(75)76)20-18-65(35-50(71)72)16-7-17-66(36-51(73)74)19-21-68(33-41)38-53(77)78;1-43-25-18-23(17-24(19-25)37(52)57-35-32(41)26(39)20-27(40)33(35)42)36(51)45-10-6-12-55-14-16-56-15-13-54-11-5-9-44-30(49)21-48(2)31(50)8-4-3-7-29-34-28(22-58-29)46-38(53)47-34/h10-13,29-31,41,46-47,52,54,58,75-76H,3-9,14-28,32-39H2,1-2H3,(H,59,69)(H,60,79)(H,61,80)(H,71,72)(H,73,74)(H,77,78)(H2,62,63,81);17-20,28-29,34,43H,3-16,21-22H2,1-2H3,(H,44,49)(H,45,51)(H2,46,47,53). The van der Waals surface area contributed by atoms with Crippen LogP contribution in [0.3, 0.4) is 0 Å². The SMILES string of the molecule is CNc1cc(C(=O)NCCCOCCOCCOCCCNC(=O)CN(C)C(=O)CCCCC2SCC3NC(=O)NC32)cc(C(=O)Nc2ccc(CC3CN(CC(=O)O)CCN(CC(=O)O)CCCN(CC(=O)O)CCN(CC(O)O)C3)cc2)c1.CNc1cc(C(=O)NCCCOCCOCCOCCCNC(=O)CN(C)C(=O)CCCCC2SCC3NC(=O)NC32)cc(C(=O)Oc2c(F)c(F)cc(F)c2F)c1. The van der Waals surface area contributed by atoms with E-state index in [1.54, 1.807) is 60.1 Å². The highest BCUT2D eigenvalue weighted by molar-refractivity contribution is 8.00. The van der Waals surface area contributed by atoms with Crippen LogP contribution in [0.1, 0.15) is 130 Å². The lowest BCUT2D eigenvalue weighted by Crippen LogP contribution is -2.47. The number of aliphatic carboxylic acids is 3. The van der Waals surface area contributed by atoms with Crippen LogP contribution in [0.25, 0.3) is 0 Å². The fourth-order valence-electron chi connectivity index (χ4n) is 16.4. The Morgan fingerprint density at radius 3 is 1.27 bits per heavy atom. The number of hydrogen-bond donors (Lipinski definition) is 16. The Morgan fingerprint density at radius 2 is 0.839 bits per heavy atom. The molecule has 16 N–H and O–H groups in total. The zero-order chi connectivity index (χ0) is 104. The maximum Gasteiger partial charge on any atom is 0.343 e. The molecule has 48 heteroatoms. The van der Waals surface area contributed by atoms with Gasteiger partial charge in [-0.05, 0) is 124 Å². The number of urea groups is 2. The Labute approximate surface area is 837 Å². The summed E-state index contributed by atoms with van der Waals surface area (Å²) in [5.74, 6) is -13.8. The van der Waals surface area contributed by atoms with Gasteiger partial charge in [0.2, 0.25) is 41.0 Å². The number of carbonyl (C=O) groups is 13. The minimum atomic E-state index is -1.88. The van der Waals surface area contributed by atoms with Gasteiger partial charge in [-0.15, -0.1) is 0 Å². The first-order valence-corrected chi connectivity index (χ1v) is 50.2. The van der Waals surface area contributed by atoms with Crippen LogP contribution in [0.15, 0.2) is 66.7 Å². The number of fused-ring (bicyclic) bond motifs is 2. The fourth-order valence-corrected chi connectivity index (χ4v) is 19.5. The molecule has 794 valence electrons. The van der Waals surface area contributed by atoms with Gasteiger partial charge in [-0.2, -0.15) is 32.3 Å². The summed E-state index contributed by atoms with van der Waals surface area (Å²) in [4.78, 5) is 170. The molecule has 0 radical (unpaired) electrons. The molecule has 143 heavy (non-hydrogen) atoms. The summed E-state index contributed by atoms with van der Waals surface area (Å²) < 4.78 is 93.0. The Morgan fingerprint density at radius 1 is 0.455 bits per heavy atom. The van der Waals surface area contributed by atoms with E-state index in [9.17, 15) is 105 Å². The number of aliphatic hydroxyl groups is 2. The van der Waals surface area contributed by atoms with E-state index in [4.69, 9.17) is 28.4 Å². The van der Waals surface area contributed by atoms with Crippen molar-refractivity contribution in [2.45, 2.75) is 131 Å². The number of aliphatic hydroxyl groups excluding tert-OH is 1. The molecule has 5 fully saturated rings. The first kappa shape index (κ1) is 117. The van der Waals surface area contributed by atoms with Crippen LogP contribution in [0.2, 0.25) is 0 Å². The molecule has 4 aromatic rings. The predicted molar refractivity (Wildman–Crippen MR) is 524 cm³/mol. The average molecular weight is 2060 g/mol. The summed E-state index contributed by atoms with van der Waals surface area (Å²) in [6.45, 7) is 6.98. The summed E-state index contributed by atoms with van der Waals surface area (Å²) in [5.41, 5.74) is 2.35. The average Bonchev–Trinajstić information content (AvgIpc) is 1.10. The van der Waals surface area contributed by atoms with E-state index in [1.807, 2.05) is 40.6 Å². The third-order valence-corrected chi connectivity index (χ3v) is 26.7. The van der Waals surface area contributed by atoms with Gasteiger partial charge in [-0.25, -0.2) is 23.2 Å². The van der Waals surface area contributed by atoms with Gasteiger partial charge < -0.3 is 127 Å². The van der Waals surface area contributed by atoms with Crippen molar-refractivity contribution in [1.29, 1.82) is 0 Å². The number of amides is 11. The molecule has 0 aromatic heterocycles. The number of benzene rings is 4. The van der Waals surface area contributed by atoms with Crippen LogP contribution >= 0.6 is 23.5 Å². The number of esters is 1. The number of carbonyl (C=O) groups excluding carboxylic acids is 10. The molecule has 0 aliphatic carbocycles. The number of β-amino-alcohol motifs (C(OH)–C–C–N with tert-alkyl or cyclic N) is 2. The minimum absolute atomic E-state index is 0.0112. The molecule has 9 rings (SSSR count). The van der Waals surface area contributed by atoms with Crippen molar-refractivity contribution in [2.75, 3.05) is 253 Å². The number of nitrogens with one attached hydrogen (secondary N) is 11. The summed E-state index contributed by atoms with van der Waals surface area (Å²) in [7, 11) is 6.43. The summed E-state index contributed by atoms with van der Waals surface area (Å²) in [5, 5.41) is 81.4. The topological polar surface area (TPSA) is 539 Å². The zero-order valence-electron chi connectivity index (χ0n) is 81.4. The number of hydrogen-bond acceptors (Lipinski definition) is 30. The molecule has 7 atom stereocenters. The molecule has 0 spiro atoms. The highest BCUT2D eigenvalue weighted by Crippen LogP contribution is 2.36. The molecule has 0 saturated carbocycles. The van der Waals surface area contributed by atoms with E-state index in [-0.39, 0.29) is 184 Å². The van der Waals surface area contributed by atoms with Crippen molar-refractivity contribution in [2.24, 2.45) is 5.92 Å². The number of anilines is 3. The number of nitrogens with zero attached hydrogens (tertiary/aromatic N) is 6. The van der Waals surface area contributed by atoms with Crippen molar-refractivity contribution >= 4 is 118 Å². The van der Waals surface area contributed by atoms with Crippen molar-refractivity contribution in [1.82, 2.24) is 71.9 Å². The molecule has 7 unspecified atom stereocenters. The first-order chi connectivity index (χ1) is 68.7. The predicted octanol–water partition coefficient (Wildman–Crippen LogP) is 3.54. The van der Waals surface area contributed by atoms with E-state index >= 15 is 0 Å². The second-order valence-corrected chi connectivity index (χ2v) is 37.6. The van der Waals surface area contributed by atoms with Gasteiger partial charge >= 0.3 is 35.9 Å². The van der Waals surface area contributed by atoms with Gasteiger partial charge in [0.25, 0.3) is 17.7 Å². The van der Waals surface area contributed by atoms with Gasteiger partial charge in [0.15, 0.2) is 17.9 Å². The third kappa shape index (κ3) is 43.9. The van der Waals surface area contributed by atoms with E-state index in [2.05, 4.69) is 63.2 Å². The number of unbranched alkanes of at least 4 members (excludes halogenated alkanes) is 2. The van der Waals surface area contributed by atoms with Crippen LogP contribution in [0.4, 0.5) is 44.2 Å². The van der Waals surface area contributed by atoms with Gasteiger partial charge in [0, 0.05) is 214 Å². The second-order valence-electron chi connectivity index (χ2n) is 35.1. The summed E-state index contributed by atoms with van der Waals surface area (Å²) >= 11 is 3.70. The van der Waals surface area contributed by atoms with Gasteiger partial charge in [-0.1, -0.05) is 25.0 Å². The van der Waals surface area contributed by atoms with Crippen LogP contribution in [-0.4, -0.2) is 410 Å². The normalized spacial score (nSPS) is 18.3. The molecule has 5 aliphatic rings. The number of carboxylic acids is 3. The first-order valence-electron chi connectivity index (χ1n) is 48.1. The second kappa shape index (κ2) is 64.1. The van der Waals surface area contributed by atoms with Crippen LogP contribution in [-0.2, 0) is 68.4 Å². The molecule has 0 bridgehead atoms. The van der Waals surface area contributed by atoms with Crippen molar-refractivity contribution in [3.8, 4) is 5.75 Å². The fraction of sp³-hybridized carbons (Fsp3) is 0.611. The van der Waals surface area contributed by atoms with Crippen molar-refractivity contribution in [3.63, 3.8) is 0 Å². The lowest BCUT2D eigenvalue weighted by Gasteiger charge is -2.34. The molecular formula is C95H139F4N17O25S2. The Hall–Kier alpha value is -10.9. The maximum absolute atomic E-state index is 14.0. The van der Waals surface area contributed by atoms with Crippen molar-refractivity contribution in [3.05, 3.63) is 118 Å².